The van der Waals surface area contributed by atoms with Crippen LogP contribution in [0.2, 0.25) is 0 Å². The molecule has 1 N–H and O–H groups in total. The summed E-state index contributed by atoms with van der Waals surface area (Å²) < 4.78 is 11.0. The van der Waals surface area contributed by atoms with Gasteiger partial charge in [-0.3, -0.25) is 9.69 Å². The molecule has 0 saturated carbocycles. The molecule has 0 unspecified atom stereocenters. The van der Waals surface area contributed by atoms with Crippen LogP contribution in [0.4, 0.5) is 0 Å². The Labute approximate surface area is 146 Å². The van der Waals surface area contributed by atoms with Crippen molar-refractivity contribution >= 4 is 16.9 Å². The molecule has 2 aromatic rings. The van der Waals surface area contributed by atoms with Crippen molar-refractivity contribution in [1.82, 2.24) is 9.80 Å². The van der Waals surface area contributed by atoms with Gasteiger partial charge >= 0.3 is 0 Å². The van der Waals surface area contributed by atoms with Crippen molar-refractivity contribution in [2.75, 3.05) is 39.4 Å². The maximum Gasteiger partial charge on any atom is 0.253 e. The molecule has 2 saturated heterocycles. The van der Waals surface area contributed by atoms with E-state index < -0.39 is 6.10 Å². The van der Waals surface area contributed by atoms with E-state index in [1.54, 1.807) is 0 Å². The number of ether oxygens (including phenoxy) is 1. The van der Waals surface area contributed by atoms with Crippen LogP contribution in [0.3, 0.4) is 0 Å². The molecule has 1 aromatic heterocycles. The first-order valence-corrected chi connectivity index (χ1v) is 8.91. The summed E-state index contributed by atoms with van der Waals surface area (Å²) in [5.41, 5.74) is 1.51. The third kappa shape index (κ3) is 3.29. The van der Waals surface area contributed by atoms with E-state index in [4.69, 9.17) is 9.15 Å². The van der Waals surface area contributed by atoms with E-state index in [2.05, 4.69) is 4.90 Å². The first-order chi connectivity index (χ1) is 12.1. The molecule has 0 aliphatic carbocycles. The van der Waals surface area contributed by atoms with Gasteiger partial charge < -0.3 is 19.2 Å². The average Bonchev–Trinajstić information content (AvgIpc) is 3.10. The summed E-state index contributed by atoms with van der Waals surface area (Å²) in [4.78, 5) is 17.1. The highest BCUT2D eigenvalue weighted by atomic mass is 16.5. The molecule has 0 bridgehead atoms. The lowest BCUT2D eigenvalue weighted by atomic mass is 10.1. The largest absolute Gasteiger partial charge is 0.461 e. The van der Waals surface area contributed by atoms with Crippen LogP contribution in [0.15, 0.2) is 28.7 Å². The Morgan fingerprint density at radius 1 is 1.16 bits per heavy atom. The first kappa shape index (κ1) is 16.6. The van der Waals surface area contributed by atoms with Crippen LogP contribution in [0, 0.1) is 6.92 Å². The number of hydrogen-bond donors (Lipinski definition) is 1. The molecule has 6 heteroatoms. The molecule has 25 heavy (non-hydrogen) atoms. The Morgan fingerprint density at radius 3 is 2.84 bits per heavy atom. The number of aryl methyl sites for hydroxylation is 1. The van der Waals surface area contributed by atoms with Crippen LogP contribution in [0.1, 0.15) is 22.5 Å². The van der Waals surface area contributed by atoms with Gasteiger partial charge in [-0.05, 0) is 37.6 Å². The number of amides is 1. The van der Waals surface area contributed by atoms with Gasteiger partial charge in [0.05, 0.1) is 25.4 Å². The minimum atomic E-state index is -0.422. The van der Waals surface area contributed by atoms with Crippen LogP contribution >= 0.6 is 0 Å². The Morgan fingerprint density at radius 2 is 2.04 bits per heavy atom. The quantitative estimate of drug-likeness (QED) is 0.897. The van der Waals surface area contributed by atoms with Crippen LogP contribution in [0.25, 0.3) is 11.0 Å². The molecule has 2 aliphatic heterocycles. The molecule has 0 radical (unpaired) electrons. The number of aliphatic hydroxyl groups is 1. The lowest BCUT2D eigenvalue weighted by Gasteiger charge is -2.28. The zero-order valence-corrected chi connectivity index (χ0v) is 14.5. The zero-order chi connectivity index (χ0) is 17.4. The molecule has 4 rings (SSSR count). The lowest BCUT2D eigenvalue weighted by molar-refractivity contribution is 0.0725. The van der Waals surface area contributed by atoms with Gasteiger partial charge in [0.25, 0.3) is 5.91 Å². The highest BCUT2D eigenvalue weighted by molar-refractivity contribution is 5.97. The fourth-order valence-corrected chi connectivity index (χ4v) is 3.84. The predicted octanol–water partition coefficient (Wildman–Crippen LogP) is 1.65. The van der Waals surface area contributed by atoms with Crippen molar-refractivity contribution in [3.63, 3.8) is 0 Å². The van der Waals surface area contributed by atoms with Crippen LogP contribution in [0.5, 0.6) is 0 Å². The van der Waals surface area contributed by atoms with Crippen molar-refractivity contribution in [2.45, 2.75) is 25.5 Å². The average molecular weight is 344 g/mol. The van der Waals surface area contributed by atoms with E-state index >= 15 is 0 Å². The predicted molar refractivity (Wildman–Crippen MR) is 93.7 cm³/mol. The summed E-state index contributed by atoms with van der Waals surface area (Å²) in [5, 5.41) is 11.0. The van der Waals surface area contributed by atoms with Gasteiger partial charge in [0.15, 0.2) is 0 Å². The maximum atomic E-state index is 12.9. The normalized spacial score (nSPS) is 25.4. The summed E-state index contributed by atoms with van der Waals surface area (Å²) in [7, 11) is 0. The zero-order valence-electron chi connectivity index (χ0n) is 14.5. The Balaban J connectivity index is 1.46. The fourth-order valence-electron chi connectivity index (χ4n) is 3.84. The number of hydrogen-bond acceptors (Lipinski definition) is 5. The Kier molecular flexibility index (Phi) is 4.50. The van der Waals surface area contributed by atoms with Crippen LogP contribution < -0.4 is 0 Å². The van der Waals surface area contributed by atoms with Crippen molar-refractivity contribution in [3.05, 3.63) is 35.6 Å². The molecule has 1 aromatic carbocycles. The minimum absolute atomic E-state index is 0.0558. The van der Waals surface area contributed by atoms with Gasteiger partial charge in [0, 0.05) is 37.1 Å². The number of furan rings is 1. The van der Waals surface area contributed by atoms with Gasteiger partial charge in [-0.25, -0.2) is 0 Å². The third-order valence-corrected chi connectivity index (χ3v) is 5.19. The number of rotatable bonds is 2. The monoisotopic (exact) mass is 344 g/mol. The smallest absolute Gasteiger partial charge is 0.253 e. The van der Waals surface area contributed by atoms with E-state index in [0.29, 0.717) is 25.3 Å². The number of nitrogens with zero attached hydrogens (tertiary/aromatic N) is 2. The summed E-state index contributed by atoms with van der Waals surface area (Å²) in [6, 6.07) is 7.63. The summed E-state index contributed by atoms with van der Waals surface area (Å²) in [6.07, 6.45) is 0.483. The van der Waals surface area contributed by atoms with Gasteiger partial charge in [-0.2, -0.15) is 0 Å². The van der Waals surface area contributed by atoms with Crippen LogP contribution in [-0.4, -0.2) is 72.4 Å². The highest BCUT2D eigenvalue weighted by Crippen LogP contribution is 2.22. The van der Waals surface area contributed by atoms with Crippen molar-refractivity contribution < 1.29 is 19.1 Å². The summed E-state index contributed by atoms with van der Waals surface area (Å²) in [6.45, 7) is 5.95. The minimum Gasteiger partial charge on any atom is -0.461 e. The third-order valence-electron chi connectivity index (χ3n) is 5.19. The highest BCUT2D eigenvalue weighted by Gasteiger charge is 2.33. The van der Waals surface area contributed by atoms with Crippen LogP contribution in [-0.2, 0) is 4.74 Å². The number of fused-ring (bicyclic) bond motifs is 1. The molecule has 2 fully saturated rings. The van der Waals surface area contributed by atoms with Crippen molar-refractivity contribution in [1.29, 1.82) is 0 Å². The van der Waals surface area contributed by atoms with Gasteiger partial charge in [-0.15, -0.1) is 0 Å². The maximum absolute atomic E-state index is 12.9. The lowest BCUT2D eigenvalue weighted by Crippen LogP contribution is -2.45. The number of benzene rings is 1. The van der Waals surface area contributed by atoms with Gasteiger partial charge in [0.2, 0.25) is 0 Å². The second-order valence-corrected chi connectivity index (χ2v) is 6.96. The topological polar surface area (TPSA) is 66.2 Å². The number of carbonyl (C=O) groups excluding carboxylic acids is 1. The van der Waals surface area contributed by atoms with E-state index in [0.717, 1.165) is 42.8 Å². The molecule has 1 amide bonds. The SMILES string of the molecule is Cc1cc2cc(C(=O)N3CCCN([C@@H]4COC[C@H]4O)CC3)ccc2o1. The second-order valence-electron chi connectivity index (χ2n) is 6.96. The summed E-state index contributed by atoms with van der Waals surface area (Å²) in [5.74, 6) is 0.910. The van der Waals surface area contributed by atoms with E-state index in [-0.39, 0.29) is 11.9 Å². The molecule has 2 aliphatic rings. The molecular weight excluding hydrogens is 320 g/mol. The Bertz CT molecular complexity index is 772. The van der Waals surface area contributed by atoms with Gasteiger partial charge in [0.1, 0.15) is 11.3 Å². The number of carbonyl (C=O) groups is 1. The van der Waals surface area contributed by atoms with Crippen molar-refractivity contribution in [2.24, 2.45) is 0 Å². The molecule has 134 valence electrons. The second kappa shape index (κ2) is 6.78. The molecular formula is C19H24N2O4. The standard InChI is InChI=1S/C19H24N2O4/c1-13-9-15-10-14(3-4-18(15)25-13)19(23)21-6-2-5-20(7-8-21)16-11-24-12-17(16)22/h3-4,9-10,16-17,22H,2,5-8,11-12H2,1H3/t16-,17-/m1/s1. The molecule has 2 atom stereocenters. The van der Waals surface area contributed by atoms with Crippen molar-refractivity contribution in [3.8, 4) is 0 Å². The van der Waals surface area contributed by atoms with E-state index in [1.165, 1.54) is 0 Å². The molecule has 3 heterocycles. The fraction of sp³-hybridized carbons (Fsp3) is 0.526. The molecule has 0 spiro atoms. The van der Waals surface area contributed by atoms with E-state index in [9.17, 15) is 9.90 Å². The number of aliphatic hydroxyl groups excluding tert-OH is 1. The summed E-state index contributed by atoms with van der Waals surface area (Å²) >= 11 is 0. The first-order valence-electron chi connectivity index (χ1n) is 8.91. The van der Waals surface area contributed by atoms with E-state index in [1.807, 2.05) is 36.1 Å². The Hall–Kier alpha value is -1.89. The van der Waals surface area contributed by atoms with Gasteiger partial charge in [-0.1, -0.05) is 0 Å². The molecule has 6 nitrogen and oxygen atoms in total.